The lowest BCUT2D eigenvalue weighted by atomic mass is 9.80. The monoisotopic (exact) mass is 255 g/mol. The Bertz CT molecular complexity index is 386. The highest BCUT2D eigenvalue weighted by Crippen LogP contribution is 2.40. The minimum absolute atomic E-state index is 0.167. The standard InChI is InChI=1S/C14H19ClFN/c1-17-10-14(6-2-3-7-14)9-11-4-5-12(15)8-13(11)16/h4-5,8,17H,2-3,6-7,9-10H2,1H3. The van der Waals surface area contributed by atoms with Crippen LogP contribution in [0, 0.1) is 11.2 Å². The average Bonchev–Trinajstić information content (AvgIpc) is 2.72. The van der Waals surface area contributed by atoms with Crippen molar-refractivity contribution in [2.45, 2.75) is 32.1 Å². The summed E-state index contributed by atoms with van der Waals surface area (Å²) in [5, 5.41) is 3.73. The molecule has 1 nitrogen and oxygen atoms in total. The first-order valence-corrected chi connectivity index (χ1v) is 6.62. The van der Waals surface area contributed by atoms with E-state index >= 15 is 0 Å². The van der Waals surface area contributed by atoms with E-state index in [1.165, 1.54) is 31.7 Å². The molecule has 94 valence electrons. The van der Waals surface area contributed by atoms with Gasteiger partial charge in [0.05, 0.1) is 0 Å². The van der Waals surface area contributed by atoms with Crippen LogP contribution in [0.25, 0.3) is 0 Å². The molecule has 1 fully saturated rings. The Morgan fingerprint density at radius 3 is 2.65 bits per heavy atom. The van der Waals surface area contributed by atoms with Gasteiger partial charge in [0.25, 0.3) is 0 Å². The number of hydrogen-bond acceptors (Lipinski definition) is 1. The van der Waals surface area contributed by atoms with Gasteiger partial charge in [0, 0.05) is 11.6 Å². The van der Waals surface area contributed by atoms with E-state index in [1.54, 1.807) is 6.07 Å². The van der Waals surface area contributed by atoms with E-state index in [2.05, 4.69) is 5.32 Å². The van der Waals surface area contributed by atoms with Gasteiger partial charge in [0.1, 0.15) is 5.82 Å². The molecule has 1 saturated carbocycles. The Morgan fingerprint density at radius 1 is 1.35 bits per heavy atom. The lowest BCUT2D eigenvalue weighted by molar-refractivity contribution is 0.282. The molecule has 0 bridgehead atoms. The van der Waals surface area contributed by atoms with Crippen LogP contribution in [0.3, 0.4) is 0 Å². The lowest BCUT2D eigenvalue weighted by Gasteiger charge is -2.29. The minimum Gasteiger partial charge on any atom is -0.319 e. The molecule has 0 aromatic heterocycles. The highest BCUT2D eigenvalue weighted by Gasteiger charge is 2.33. The Labute approximate surface area is 107 Å². The van der Waals surface area contributed by atoms with Gasteiger partial charge < -0.3 is 5.32 Å². The van der Waals surface area contributed by atoms with Gasteiger partial charge in [-0.2, -0.15) is 0 Å². The molecule has 0 saturated heterocycles. The van der Waals surface area contributed by atoms with Crippen LogP contribution in [0.1, 0.15) is 31.2 Å². The summed E-state index contributed by atoms with van der Waals surface area (Å²) in [6.07, 6.45) is 5.72. The molecule has 17 heavy (non-hydrogen) atoms. The normalized spacial score (nSPS) is 18.5. The number of halogens is 2. The number of nitrogens with one attached hydrogen (secondary N) is 1. The molecule has 0 unspecified atom stereocenters. The molecule has 1 N–H and O–H groups in total. The highest BCUT2D eigenvalue weighted by atomic mass is 35.5. The number of hydrogen-bond donors (Lipinski definition) is 1. The van der Waals surface area contributed by atoms with Crippen molar-refractivity contribution in [3.63, 3.8) is 0 Å². The van der Waals surface area contributed by atoms with Crippen LogP contribution in [0.4, 0.5) is 4.39 Å². The van der Waals surface area contributed by atoms with E-state index in [0.29, 0.717) is 5.02 Å². The van der Waals surface area contributed by atoms with Crippen LogP contribution in [-0.4, -0.2) is 13.6 Å². The number of benzene rings is 1. The molecule has 0 atom stereocenters. The summed E-state index contributed by atoms with van der Waals surface area (Å²) in [4.78, 5) is 0. The number of rotatable bonds is 4. The van der Waals surface area contributed by atoms with E-state index in [-0.39, 0.29) is 11.2 Å². The van der Waals surface area contributed by atoms with E-state index < -0.39 is 0 Å². The molecule has 0 radical (unpaired) electrons. The third kappa shape index (κ3) is 2.99. The molecule has 0 aliphatic heterocycles. The van der Waals surface area contributed by atoms with Gasteiger partial charge in [0.2, 0.25) is 0 Å². The maximum Gasteiger partial charge on any atom is 0.127 e. The molecule has 0 spiro atoms. The van der Waals surface area contributed by atoms with Gasteiger partial charge in [0.15, 0.2) is 0 Å². The molecule has 1 aromatic rings. The van der Waals surface area contributed by atoms with Crippen LogP contribution in [0.5, 0.6) is 0 Å². The quantitative estimate of drug-likeness (QED) is 0.863. The van der Waals surface area contributed by atoms with Gasteiger partial charge in [-0.3, -0.25) is 0 Å². The van der Waals surface area contributed by atoms with Crippen molar-refractivity contribution in [1.29, 1.82) is 0 Å². The predicted octanol–water partition coefficient (Wildman–Crippen LogP) is 3.80. The van der Waals surface area contributed by atoms with Crippen molar-refractivity contribution >= 4 is 11.6 Å². The van der Waals surface area contributed by atoms with Crippen LogP contribution in [0.15, 0.2) is 18.2 Å². The van der Waals surface area contributed by atoms with Crippen LogP contribution >= 0.6 is 11.6 Å². The van der Waals surface area contributed by atoms with E-state index in [1.807, 2.05) is 13.1 Å². The largest absolute Gasteiger partial charge is 0.319 e. The predicted molar refractivity (Wildman–Crippen MR) is 69.9 cm³/mol. The van der Waals surface area contributed by atoms with Gasteiger partial charge >= 0.3 is 0 Å². The Balaban J connectivity index is 2.17. The molecule has 1 aliphatic rings. The fourth-order valence-corrected chi connectivity index (χ4v) is 3.14. The third-order valence-corrected chi connectivity index (χ3v) is 4.03. The van der Waals surface area contributed by atoms with Crippen molar-refractivity contribution in [2.24, 2.45) is 5.41 Å². The van der Waals surface area contributed by atoms with E-state index in [9.17, 15) is 4.39 Å². The average molecular weight is 256 g/mol. The first-order chi connectivity index (χ1) is 8.15. The Kier molecular flexibility index (Phi) is 4.05. The fraction of sp³-hybridized carbons (Fsp3) is 0.571. The summed E-state index contributed by atoms with van der Waals surface area (Å²) in [6.45, 7) is 0.967. The Hall–Kier alpha value is -0.600. The van der Waals surface area contributed by atoms with Crippen LogP contribution in [-0.2, 0) is 6.42 Å². The zero-order valence-corrected chi connectivity index (χ0v) is 11.0. The van der Waals surface area contributed by atoms with Crippen LogP contribution in [0.2, 0.25) is 5.02 Å². The topological polar surface area (TPSA) is 12.0 Å². The summed E-state index contributed by atoms with van der Waals surface area (Å²) in [6, 6.07) is 5.02. The molecule has 1 aliphatic carbocycles. The van der Waals surface area contributed by atoms with E-state index in [0.717, 1.165) is 18.5 Å². The SMILES string of the molecule is CNCC1(Cc2ccc(Cl)cc2F)CCCC1. The zero-order chi connectivity index (χ0) is 12.3. The van der Waals surface area contributed by atoms with Gasteiger partial charge in [-0.1, -0.05) is 30.5 Å². The second-order valence-corrected chi connectivity index (χ2v) is 5.59. The molecule has 3 heteroatoms. The molecule has 2 rings (SSSR count). The van der Waals surface area contributed by atoms with Gasteiger partial charge in [-0.25, -0.2) is 4.39 Å². The lowest BCUT2D eigenvalue weighted by Crippen LogP contribution is -2.32. The molecule has 0 heterocycles. The fourth-order valence-electron chi connectivity index (χ4n) is 2.99. The minimum atomic E-state index is -0.167. The van der Waals surface area contributed by atoms with Crippen molar-refractivity contribution in [1.82, 2.24) is 5.32 Å². The van der Waals surface area contributed by atoms with Crippen molar-refractivity contribution < 1.29 is 4.39 Å². The second-order valence-electron chi connectivity index (χ2n) is 5.15. The van der Waals surface area contributed by atoms with Crippen LogP contribution < -0.4 is 5.32 Å². The van der Waals surface area contributed by atoms with Crippen molar-refractivity contribution in [3.8, 4) is 0 Å². The third-order valence-electron chi connectivity index (χ3n) is 3.80. The first kappa shape index (κ1) is 12.8. The Morgan fingerprint density at radius 2 is 2.06 bits per heavy atom. The summed E-state index contributed by atoms with van der Waals surface area (Å²) >= 11 is 5.78. The van der Waals surface area contributed by atoms with Gasteiger partial charge in [-0.05, 0) is 49.4 Å². The first-order valence-electron chi connectivity index (χ1n) is 6.24. The van der Waals surface area contributed by atoms with E-state index in [4.69, 9.17) is 11.6 Å². The smallest absolute Gasteiger partial charge is 0.127 e. The summed E-state index contributed by atoms with van der Waals surface area (Å²) in [5.41, 5.74) is 1.04. The molecule has 0 amide bonds. The molecular weight excluding hydrogens is 237 g/mol. The molecular formula is C14H19ClFN. The molecule has 1 aromatic carbocycles. The summed E-state index contributed by atoms with van der Waals surface area (Å²) in [7, 11) is 1.97. The maximum absolute atomic E-state index is 13.8. The second kappa shape index (κ2) is 5.36. The maximum atomic E-state index is 13.8. The van der Waals surface area contributed by atoms with Crippen molar-refractivity contribution in [2.75, 3.05) is 13.6 Å². The summed E-state index contributed by atoms with van der Waals surface area (Å²) < 4.78 is 13.8. The highest BCUT2D eigenvalue weighted by molar-refractivity contribution is 6.30. The van der Waals surface area contributed by atoms with Gasteiger partial charge in [-0.15, -0.1) is 0 Å². The summed E-state index contributed by atoms with van der Waals surface area (Å²) in [5.74, 6) is -0.167. The van der Waals surface area contributed by atoms with Crippen molar-refractivity contribution in [3.05, 3.63) is 34.6 Å². The zero-order valence-electron chi connectivity index (χ0n) is 10.2.